The van der Waals surface area contributed by atoms with Crippen molar-refractivity contribution in [3.05, 3.63) is 0 Å². The van der Waals surface area contributed by atoms with E-state index in [4.69, 9.17) is 9.47 Å². The number of rotatable bonds is 0. The maximum Gasteiger partial charge on any atom is 0.0977 e. The first-order valence-corrected chi connectivity index (χ1v) is 5.05. The molecular weight excluding hydrogens is 166 g/mol. The van der Waals surface area contributed by atoms with Crippen LogP contribution in [0.2, 0.25) is 0 Å². The molecule has 3 nitrogen and oxygen atoms in total. The number of ether oxygens (including phenoxy) is 2. The molecule has 0 N–H and O–H groups in total. The van der Waals surface area contributed by atoms with Gasteiger partial charge >= 0.3 is 0 Å². The lowest BCUT2D eigenvalue weighted by atomic mass is 10.1. The third-order valence-electron chi connectivity index (χ3n) is 2.91. The summed E-state index contributed by atoms with van der Waals surface area (Å²) in [5, 5.41) is 0. The Morgan fingerprint density at radius 1 is 1.00 bits per heavy atom. The lowest BCUT2D eigenvalue weighted by molar-refractivity contribution is -0.116. The highest BCUT2D eigenvalue weighted by molar-refractivity contribution is 4.93. The summed E-state index contributed by atoms with van der Waals surface area (Å²) in [5.41, 5.74) is 0.240. The summed E-state index contributed by atoms with van der Waals surface area (Å²) in [6.07, 6.45) is 0.626. The highest BCUT2D eigenvalue weighted by atomic mass is 16.6. The fourth-order valence-electron chi connectivity index (χ4n) is 2.01. The summed E-state index contributed by atoms with van der Waals surface area (Å²) in [4.78, 5) is 2.44. The van der Waals surface area contributed by atoms with Crippen molar-refractivity contribution in [2.24, 2.45) is 0 Å². The van der Waals surface area contributed by atoms with Gasteiger partial charge < -0.3 is 9.47 Å². The number of likely N-dealkylation sites (tertiary alicyclic amines) is 1. The van der Waals surface area contributed by atoms with Crippen molar-refractivity contribution in [2.45, 2.75) is 38.5 Å². The molecule has 0 bridgehead atoms. The minimum absolute atomic E-state index is 0.240. The van der Waals surface area contributed by atoms with Gasteiger partial charge in [-0.05, 0) is 20.8 Å². The molecule has 0 unspecified atom stereocenters. The highest BCUT2D eigenvalue weighted by Crippen LogP contribution is 2.26. The van der Waals surface area contributed by atoms with Gasteiger partial charge in [-0.25, -0.2) is 0 Å². The first-order chi connectivity index (χ1) is 6.07. The van der Waals surface area contributed by atoms with Crippen molar-refractivity contribution in [3.63, 3.8) is 0 Å². The predicted octanol–water partition coefficient (Wildman–Crippen LogP) is 0.884. The zero-order valence-electron chi connectivity index (χ0n) is 8.75. The van der Waals surface area contributed by atoms with Gasteiger partial charge in [-0.1, -0.05) is 0 Å². The Hall–Kier alpha value is -0.120. The van der Waals surface area contributed by atoms with Crippen LogP contribution in [0.5, 0.6) is 0 Å². The van der Waals surface area contributed by atoms with Crippen molar-refractivity contribution >= 4 is 0 Å². The first-order valence-electron chi connectivity index (χ1n) is 5.05. The van der Waals surface area contributed by atoms with E-state index in [1.54, 1.807) is 0 Å². The number of nitrogens with zero attached hydrogens (tertiary/aromatic N) is 1. The van der Waals surface area contributed by atoms with Gasteiger partial charge in [0.15, 0.2) is 0 Å². The molecule has 0 aromatic rings. The maximum atomic E-state index is 5.66. The molecule has 2 atom stereocenters. The third-order valence-corrected chi connectivity index (χ3v) is 2.91. The van der Waals surface area contributed by atoms with E-state index in [9.17, 15) is 0 Å². The van der Waals surface area contributed by atoms with Crippen LogP contribution in [0.3, 0.4) is 0 Å². The molecule has 0 amide bonds. The second-order valence-electron chi connectivity index (χ2n) is 4.89. The molecule has 2 heterocycles. The Balaban J connectivity index is 1.99. The zero-order chi connectivity index (χ0) is 9.47. The van der Waals surface area contributed by atoms with E-state index in [0.29, 0.717) is 12.2 Å². The molecule has 76 valence electrons. The number of hydrogen-bond donors (Lipinski definition) is 0. The Bertz CT molecular complexity index is 174. The summed E-state index contributed by atoms with van der Waals surface area (Å²) in [6.45, 7) is 10.3. The van der Waals surface area contributed by atoms with E-state index in [2.05, 4.69) is 25.7 Å². The number of fused-ring (bicyclic) bond motifs is 1. The van der Waals surface area contributed by atoms with Crippen LogP contribution >= 0.6 is 0 Å². The van der Waals surface area contributed by atoms with E-state index >= 15 is 0 Å². The van der Waals surface area contributed by atoms with Gasteiger partial charge in [-0.2, -0.15) is 0 Å². The largest absolute Gasteiger partial charge is 0.372 e. The van der Waals surface area contributed by atoms with Gasteiger partial charge in [0.05, 0.1) is 25.4 Å². The monoisotopic (exact) mass is 185 g/mol. The Labute approximate surface area is 80.0 Å². The quantitative estimate of drug-likeness (QED) is 0.559. The molecule has 13 heavy (non-hydrogen) atoms. The minimum atomic E-state index is 0.240. The van der Waals surface area contributed by atoms with Crippen molar-refractivity contribution < 1.29 is 9.47 Å². The van der Waals surface area contributed by atoms with Crippen LogP contribution in [-0.2, 0) is 9.47 Å². The first kappa shape index (κ1) is 9.44. The van der Waals surface area contributed by atoms with Gasteiger partial charge in [0.2, 0.25) is 0 Å². The van der Waals surface area contributed by atoms with Gasteiger partial charge in [-0.3, -0.25) is 4.90 Å². The Morgan fingerprint density at radius 3 is 1.85 bits per heavy atom. The molecule has 0 radical (unpaired) electrons. The summed E-state index contributed by atoms with van der Waals surface area (Å²) in [5.74, 6) is 0. The molecule has 2 aliphatic heterocycles. The standard InChI is InChI=1S/C10H19NO2/c1-10(2,3)11-6-8-9(7-11)13-5-4-12-8/h8-9H,4-7H2,1-3H3/t8-,9+. The van der Waals surface area contributed by atoms with Crippen LogP contribution in [0.25, 0.3) is 0 Å². The summed E-state index contributed by atoms with van der Waals surface area (Å²) in [6, 6.07) is 0. The highest BCUT2D eigenvalue weighted by Gasteiger charge is 2.40. The second kappa shape index (κ2) is 3.23. The average molecular weight is 185 g/mol. The van der Waals surface area contributed by atoms with Crippen molar-refractivity contribution in [3.8, 4) is 0 Å². The van der Waals surface area contributed by atoms with Crippen LogP contribution in [0.15, 0.2) is 0 Å². The van der Waals surface area contributed by atoms with Crippen molar-refractivity contribution in [1.82, 2.24) is 4.90 Å². The molecule has 0 aromatic heterocycles. The van der Waals surface area contributed by atoms with E-state index in [0.717, 1.165) is 26.3 Å². The minimum Gasteiger partial charge on any atom is -0.372 e. The topological polar surface area (TPSA) is 21.7 Å². The van der Waals surface area contributed by atoms with Crippen LogP contribution in [-0.4, -0.2) is 49.0 Å². The molecule has 2 fully saturated rings. The van der Waals surface area contributed by atoms with Crippen LogP contribution in [0.4, 0.5) is 0 Å². The van der Waals surface area contributed by atoms with Gasteiger partial charge in [0.25, 0.3) is 0 Å². The Morgan fingerprint density at radius 2 is 1.46 bits per heavy atom. The van der Waals surface area contributed by atoms with Gasteiger partial charge in [0, 0.05) is 18.6 Å². The molecule has 0 aromatic carbocycles. The number of hydrogen-bond acceptors (Lipinski definition) is 3. The van der Waals surface area contributed by atoms with Crippen molar-refractivity contribution in [2.75, 3.05) is 26.3 Å². The molecule has 3 heteroatoms. The predicted molar refractivity (Wildman–Crippen MR) is 50.8 cm³/mol. The van der Waals surface area contributed by atoms with Crippen LogP contribution in [0.1, 0.15) is 20.8 Å². The SMILES string of the molecule is CC(C)(C)N1C[C@@H]2OCCO[C@@H]2C1. The Kier molecular flexibility index (Phi) is 2.34. The fourth-order valence-corrected chi connectivity index (χ4v) is 2.01. The molecule has 0 spiro atoms. The molecule has 0 saturated carbocycles. The molecular formula is C10H19NO2. The fraction of sp³-hybridized carbons (Fsp3) is 1.00. The van der Waals surface area contributed by atoms with Crippen LogP contribution < -0.4 is 0 Å². The lowest BCUT2D eigenvalue weighted by Crippen LogP contribution is -2.40. The molecule has 2 rings (SSSR count). The maximum absolute atomic E-state index is 5.66. The van der Waals surface area contributed by atoms with E-state index in [1.165, 1.54) is 0 Å². The van der Waals surface area contributed by atoms with Gasteiger partial charge in [-0.15, -0.1) is 0 Å². The molecule has 2 aliphatic rings. The van der Waals surface area contributed by atoms with E-state index < -0.39 is 0 Å². The smallest absolute Gasteiger partial charge is 0.0977 e. The summed E-state index contributed by atoms with van der Waals surface area (Å²) >= 11 is 0. The molecule has 0 aliphatic carbocycles. The van der Waals surface area contributed by atoms with Gasteiger partial charge in [0.1, 0.15) is 0 Å². The normalized spacial score (nSPS) is 36.2. The summed E-state index contributed by atoms with van der Waals surface area (Å²) < 4.78 is 11.3. The average Bonchev–Trinajstić information content (AvgIpc) is 2.45. The van der Waals surface area contributed by atoms with E-state index in [1.807, 2.05) is 0 Å². The van der Waals surface area contributed by atoms with Crippen molar-refractivity contribution in [1.29, 1.82) is 0 Å². The third kappa shape index (κ3) is 1.87. The van der Waals surface area contributed by atoms with Crippen LogP contribution in [0, 0.1) is 0 Å². The zero-order valence-corrected chi connectivity index (χ0v) is 8.75. The second-order valence-corrected chi connectivity index (χ2v) is 4.89. The lowest BCUT2D eigenvalue weighted by Gasteiger charge is -2.31. The summed E-state index contributed by atoms with van der Waals surface area (Å²) in [7, 11) is 0. The van der Waals surface area contributed by atoms with E-state index in [-0.39, 0.29) is 5.54 Å². The molecule has 2 saturated heterocycles.